The minimum absolute atomic E-state index is 0.0745. The van der Waals surface area contributed by atoms with E-state index in [4.69, 9.17) is 5.73 Å². The normalized spacial score (nSPS) is 17.1. The Morgan fingerprint density at radius 1 is 1.47 bits per heavy atom. The van der Waals surface area contributed by atoms with Crippen LogP contribution in [-0.4, -0.2) is 20.8 Å². The van der Waals surface area contributed by atoms with Crippen molar-refractivity contribution in [3.05, 3.63) is 29.3 Å². The first-order chi connectivity index (χ1) is 8.03. The minimum atomic E-state index is -3.45. The second kappa shape index (κ2) is 4.37. The summed E-state index contributed by atoms with van der Waals surface area (Å²) >= 11 is 0. The highest BCUT2D eigenvalue weighted by Crippen LogP contribution is 2.26. The quantitative estimate of drug-likeness (QED) is 0.843. The summed E-state index contributed by atoms with van der Waals surface area (Å²) in [7, 11) is -3.45. The number of hydrogen-bond acceptors (Lipinski definition) is 4. The molecular weight excluding hydrogens is 238 g/mol. The molecular formula is C11H15N3O2S. The summed E-state index contributed by atoms with van der Waals surface area (Å²) in [5.41, 5.74) is 8.00. The lowest BCUT2D eigenvalue weighted by atomic mass is 10.1. The Morgan fingerprint density at radius 2 is 2.24 bits per heavy atom. The lowest BCUT2D eigenvalue weighted by Crippen LogP contribution is -2.25. The van der Waals surface area contributed by atoms with Gasteiger partial charge in [0.2, 0.25) is 0 Å². The van der Waals surface area contributed by atoms with Gasteiger partial charge in [-0.1, -0.05) is 19.1 Å². The van der Waals surface area contributed by atoms with Crippen molar-refractivity contribution in [2.45, 2.75) is 19.1 Å². The second-order valence-corrected chi connectivity index (χ2v) is 5.60. The van der Waals surface area contributed by atoms with E-state index >= 15 is 0 Å². The molecule has 0 spiro atoms. The van der Waals surface area contributed by atoms with E-state index < -0.39 is 10.0 Å². The van der Waals surface area contributed by atoms with Crippen LogP contribution in [0.4, 0.5) is 5.69 Å². The summed E-state index contributed by atoms with van der Waals surface area (Å²) in [6.07, 6.45) is 0.985. The highest BCUT2D eigenvalue weighted by Gasteiger charge is 2.24. The molecule has 17 heavy (non-hydrogen) atoms. The van der Waals surface area contributed by atoms with Crippen molar-refractivity contribution in [1.82, 2.24) is 0 Å². The lowest BCUT2D eigenvalue weighted by Gasteiger charge is -2.18. The predicted molar refractivity (Wildman–Crippen MR) is 68.6 cm³/mol. The molecule has 1 heterocycles. The standard InChI is InChI=1S/C11H15N3O2S/c1-2-6-13-9-5-3-4-8-7-17(15,16)14-11(12)10(8)9/h3-5,13H,2,6-7H2,1H3,(H2,12,14). The third-order valence-electron chi connectivity index (χ3n) is 2.55. The molecule has 0 fully saturated rings. The van der Waals surface area contributed by atoms with Gasteiger partial charge < -0.3 is 11.1 Å². The number of anilines is 1. The molecule has 1 aromatic carbocycles. The van der Waals surface area contributed by atoms with E-state index in [-0.39, 0.29) is 11.6 Å². The summed E-state index contributed by atoms with van der Waals surface area (Å²) in [4.78, 5) is 0. The Balaban J connectivity index is 2.49. The molecule has 1 aliphatic heterocycles. The van der Waals surface area contributed by atoms with E-state index in [0.717, 1.165) is 24.2 Å². The van der Waals surface area contributed by atoms with Gasteiger partial charge in [-0.05, 0) is 18.1 Å². The SMILES string of the molecule is CCCNc1cccc2c1C(N)=NS(=O)(=O)C2. The molecule has 1 aliphatic rings. The number of fused-ring (bicyclic) bond motifs is 1. The van der Waals surface area contributed by atoms with Crippen LogP contribution >= 0.6 is 0 Å². The fraction of sp³-hybridized carbons (Fsp3) is 0.364. The van der Waals surface area contributed by atoms with Crippen LogP contribution in [-0.2, 0) is 15.8 Å². The topological polar surface area (TPSA) is 84.5 Å². The smallest absolute Gasteiger partial charge is 0.259 e. The Bertz CT molecular complexity index is 564. The van der Waals surface area contributed by atoms with E-state index in [2.05, 4.69) is 16.6 Å². The van der Waals surface area contributed by atoms with Crippen molar-refractivity contribution in [3.8, 4) is 0 Å². The van der Waals surface area contributed by atoms with Gasteiger partial charge in [0, 0.05) is 17.8 Å². The highest BCUT2D eigenvalue weighted by atomic mass is 32.2. The molecule has 0 radical (unpaired) electrons. The van der Waals surface area contributed by atoms with E-state index in [0.29, 0.717) is 5.56 Å². The van der Waals surface area contributed by atoms with Crippen molar-refractivity contribution < 1.29 is 8.42 Å². The molecule has 0 bridgehead atoms. The number of nitrogens with two attached hydrogens (primary N) is 1. The zero-order chi connectivity index (χ0) is 12.5. The number of rotatable bonds is 3. The average molecular weight is 253 g/mol. The molecule has 2 rings (SSSR count). The maximum absolute atomic E-state index is 11.5. The van der Waals surface area contributed by atoms with E-state index in [1.807, 2.05) is 12.1 Å². The zero-order valence-corrected chi connectivity index (χ0v) is 10.4. The van der Waals surface area contributed by atoms with Crippen LogP contribution < -0.4 is 11.1 Å². The molecule has 0 amide bonds. The van der Waals surface area contributed by atoms with Crippen LogP contribution in [0, 0.1) is 0 Å². The first-order valence-electron chi connectivity index (χ1n) is 5.48. The van der Waals surface area contributed by atoms with E-state index in [1.54, 1.807) is 6.07 Å². The van der Waals surface area contributed by atoms with Crippen LogP contribution in [0.3, 0.4) is 0 Å². The van der Waals surface area contributed by atoms with Gasteiger partial charge in [0.05, 0.1) is 5.75 Å². The zero-order valence-electron chi connectivity index (χ0n) is 9.60. The molecule has 0 atom stereocenters. The highest BCUT2D eigenvalue weighted by molar-refractivity contribution is 7.89. The number of hydrogen-bond donors (Lipinski definition) is 2. The molecule has 1 aromatic rings. The van der Waals surface area contributed by atoms with Crippen molar-refractivity contribution >= 4 is 21.5 Å². The Kier molecular flexibility index (Phi) is 3.06. The number of amidine groups is 1. The number of sulfonamides is 1. The van der Waals surface area contributed by atoms with Crippen molar-refractivity contribution in [2.75, 3.05) is 11.9 Å². The molecule has 0 saturated carbocycles. The van der Waals surface area contributed by atoms with Gasteiger partial charge in [-0.15, -0.1) is 4.40 Å². The monoisotopic (exact) mass is 253 g/mol. The summed E-state index contributed by atoms with van der Waals surface area (Å²) in [6.45, 7) is 2.88. The van der Waals surface area contributed by atoms with Gasteiger partial charge in [-0.2, -0.15) is 0 Å². The number of benzene rings is 1. The number of nitrogens with zero attached hydrogens (tertiary/aromatic N) is 1. The first-order valence-corrected chi connectivity index (χ1v) is 7.08. The van der Waals surface area contributed by atoms with Crippen LogP contribution in [0.2, 0.25) is 0 Å². The molecule has 3 N–H and O–H groups in total. The number of nitrogens with one attached hydrogen (secondary N) is 1. The first kappa shape index (κ1) is 11.9. The Hall–Kier alpha value is -1.56. The van der Waals surface area contributed by atoms with Crippen molar-refractivity contribution in [1.29, 1.82) is 0 Å². The average Bonchev–Trinajstić information content (AvgIpc) is 2.23. The summed E-state index contributed by atoms with van der Waals surface area (Å²) in [5.74, 6) is -0.00420. The Morgan fingerprint density at radius 3 is 2.94 bits per heavy atom. The van der Waals surface area contributed by atoms with Crippen LogP contribution in [0.1, 0.15) is 24.5 Å². The van der Waals surface area contributed by atoms with E-state index in [1.165, 1.54) is 0 Å². The van der Waals surface area contributed by atoms with Gasteiger partial charge in [-0.25, -0.2) is 8.42 Å². The van der Waals surface area contributed by atoms with Gasteiger partial charge in [0.1, 0.15) is 5.84 Å². The largest absolute Gasteiger partial charge is 0.384 e. The maximum Gasteiger partial charge on any atom is 0.259 e. The fourth-order valence-electron chi connectivity index (χ4n) is 1.85. The van der Waals surface area contributed by atoms with Gasteiger partial charge in [0.25, 0.3) is 10.0 Å². The molecule has 0 aromatic heterocycles. The van der Waals surface area contributed by atoms with Crippen LogP contribution in [0.15, 0.2) is 22.6 Å². The predicted octanol–water partition coefficient (Wildman–Crippen LogP) is 1.06. The third kappa shape index (κ3) is 2.41. The molecule has 0 unspecified atom stereocenters. The molecule has 0 saturated heterocycles. The summed E-state index contributed by atoms with van der Waals surface area (Å²) < 4.78 is 26.5. The van der Waals surface area contributed by atoms with Crippen molar-refractivity contribution in [2.24, 2.45) is 10.1 Å². The summed E-state index contributed by atoms with van der Waals surface area (Å²) in [6, 6.07) is 5.48. The van der Waals surface area contributed by atoms with Gasteiger partial charge >= 0.3 is 0 Å². The van der Waals surface area contributed by atoms with Gasteiger partial charge in [-0.3, -0.25) is 0 Å². The fourth-order valence-corrected chi connectivity index (χ4v) is 2.94. The van der Waals surface area contributed by atoms with E-state index in [9.17, 15) is 8.42 Å². The summed E-state index contributed by atoms with van der Waals surface area (Å²) in [5, 5.41) is 3.22. The molecule has 5 nitrogen and oxygen atoms in total. The van der Waals surface area contributed by atoms with Crippen LogP contribution in [0.25, 0.3) is 0 Å². The Labute approximate surface area is 101 Å². The third-order valence-corrected chi connectivity index (χ3v) is 3.70. The lowest BCUT2D eigenvalue weighted by molar-refractivity contribution is 0.596. The second-order valence-electron chi connectivity index (χ2n) is 3.97. The van der Waals surface area contributed by atoms with Gasteiger partial charge in [0.15, 0.2) is 0 Å². The maximum atomic E-state index is 11.5. The van der Waals surface area contributed by atoms with Crippen LogP contribution in [0.5, 0.6) is 0 Å². The van der Waals surface area contributed by atoms with Crippen molar-refractivity contribution in [3.63, 3.8) is 0 Å². The molecule has 0 aliphatic carbocycles. The molecule has 92 valence electrons. The molecule has 6 heteroatoms. The minimum Gasteiger partial charge on any atom is -0.384 e.